The van der Waals surface area contributed by atoms with E-state index in [1.165, 1.54) is 0 Å². The van der Waals surface area contributed by atoms with Crippen molar-refractivity contribution >= 4 is 22.6 Å². The van der Waals surface area contributed by atoms with Gasteiger partial charge in [-0.05, 0) is 41.6 Å². The Balaban J connectivity index is 2.43. The zero-order chi connectivity index (χ0) is 9.26. The summed E-state index contributed by atoms with van der Waals surface area (Å²) >= 11 is 2.21. The Morgan fingerprint density at radius 1 is 1.38 bits per heavy atom. The summed E-state index contributed by atoms with van der Waals surface area (Å²) in [4.78, 5) is 0. The van der Waals surface area contributed by atoms with Crippen molar-refractivity contribution in [3.63, 3.8) is 0 Å². The average molecular weight is 292 g/mol. The molecule has 0 atom stereocenters. The smallest absolute Gasteiger partial charge is 0.231 e. The normalized spacial score (nSPS) is 13.1. The van der Waals surface area contributed by atoms with E-state index in [1.807, 2.05) is 19.1 Å². The van der Waals surface area contributed by atoms with Crippen LogP contribution in [0.2, 0.25) is 0 Å². The topological polar surface area (TPSA) is 27.7 Å². The number of rotatable bonds is 2. The van der Waals surface area contributed by atoms with Crippen LogP contribution in [0.1, 0.15) is 6.92 Å². The third-order valence-electron chi connectivity index (χ3n) is 1.73. The van der Waals surface area contributed by atoms with Crippen LogP contribution >= 0.6 is 22.6 Å². The molecule has 0 unspecified atom stereocenters. The van der Waals surface area contributed by atoms with Gasteiger partial charge in [-0.25, -0.2) is 0 Å². The molecule has 0 aliphatic carbocycles. The van der Waals surface area contributed by atoms with Crippen molar-refractivity contribution < 1.29 is 14.2 Å². The van der Waals surface area contributed by atoms with Crippen LogP contribution in [0.25, 0.3) is 0 Å². The van der Waals surface area contributed by atoms with Gasteiger partial charge in [-0.2, -0.15) is 0 Å². The monoisotopic (exact) mass is 292 g/mol. The van der Waals surface area contributed by atoms with Gasteiger partial charge in [0.1, 0.15) is 0 Å². The Morgan fingerprint density at radius 3 is 2.92 bits per heavy atom. The van der Waals surface area contributed by atoms with Crippen LogP contribution in [0.4, 0.5) is 0 Å². The second-order valence-electron chi connectivity index (χ2n) is 2.54. The predicted octanol–water partition coefficient (Wildman–Crippen LogP) is 2.42. The first kappa shape index (κ1) is 8.93. The average Bonchev–Trinajstić information content (AvgIpc) is 2.59. The molecule has 0 saturated heterocycles. The van der Waals surface area contributed by atoms with Crippen LogP contribution in [0.15, 0.2) is 12.1 Å². The van der Waals surface area contributed by atoms with E-state index in [0.29, 0.717) is 6.61 Å². The molecule has 3 nitrogen and oxygen atoms in total. The minimum absolute atomic E-state index is 0.287. The van der Waals surface area contributed by atoms with Gasteiger partial charge in [0.15, 0.2) is 11.5 Å². The summed E-state index contributed by atoms with van der Waals surface area (Å²) < 4.78 is 17.1. The number of ether oxygens (including phenoxy) is 3. The molecule has 70 valence electrons. The van der Waals surface area contributed by atoms with Crippen molar-refractivity contribution in [3.8, 4) is 17.2 Å². The Kier molecular flexibility index (Phi) is 2.48. The Morgan fingerprint density at radius 2 is 2.15 bits per heavy atom. The molecule has 1 aromatic rings. The second kappa shape index (κ2) is 3.61. The van der Waals surface area contributed by atoms with E-state index in [9.17, 15) is 0 Å². The van der Waals surface area contributed by atoms with Crippen molar-refractivity contribution in [2.75, 3.05) is 13.4 Å². The standard InChI is InChI=1S/C9H9IO3/c1-2-11-7-4-3-6(10)8-9(7)13-5-12-8/h3-4H,2,5H2,1H3. The number of hydrogen-bond acceptors (Lipinski definition) is 3. The SMILES string of the molecule is CCOc1ccc(I)c2c1OCO2. The zero-order valence-electron chi connectivity index (χ0n) is 7.17. The van der Waals surface area contributed by atoms with Crippen molar-refractivity contribution in [1.82, 2.24) is 0 Å². The molecule has 13 heavy (non-hydrogen) atoms. The molecular formula is C9H9IO3. The summed E-state index contributed by atoms with van der Waals surface area (Å²) in [5, 5.41) is 0. The maximum absolute atomic E-state index is 5.40. The van der Waals surface area contributed by atoms with Gasteiger partial charge >= 0.3 is 0 Å². The molecule has 0 bridgehead atoms. The predicted molar refractivity (Wildman–Crippen MR) is 56.5 cm³/mol. The molecule has 0 spiro atoms. The van der Waals surface area contributed by atoms with Crippen molar-refractivity contribution in [3.05, 3.63) is 15.7 Å². The van der Waals surface area contributed by atoms with Crippen molar-refractivity contribution in [2.24, 2.45) is 0 Å². The van der Waals surface area contributed by atoms with E-state index in [0.717, 1.165) is 20.8 Å². The first-order valence-electron chi connectivity index (χ1n) is 4.04. The van der Waals surface area contributed by atoms with Crippen LogP contribution in [0.5, 0.6) is 17.2 Å². The fraction of sp³-hybridized carbons (Fsp3) is 0.333. The number of halogens is 1. The fourth-order valence-corrected chi connectivity index (χ4v) is 1.79. The van der Waals surface area contributed by atoms with E-state index >= 15 is 0 Å². The summed E-state index contributed by atoms with van der Waals surface area (Å²) in [6, 6.07) is 3.86. The van der Waals surface area contributed by atoms with Crippen LogP contribution in [0, 0.1) is 3.57 Å². The Hall–Kier alpha value is -0.650. The maximum Gasteiger partial charge on any atom is 0.231 e. The minimum atomic E-state index is 0.287. The minimum Gasteiger partial charge on any atom is -0.490 e. The van der Waals surface area contributed by atoms with Gasteiger partial charge < -0.3 is 14.2 Å². The third kappa shape index (κ3) is 1.54. The van der Waals surface area contributed by atoms with Gasteiger partial charge in [0.25, 0.3) is 0 Å². The van der Waals surface area contributed by atoms with Crippen LogP contribution in [0.3, 0.4) is 0 Å². The van der Waals surface area contributed by atoms with Crippen molar-refractivity contribution in [2.45, 2.75) is 6.92 Å². The molecule has 0 amide bonds. The highest BCUT2D eigenvalue weighted by Crippen LogP contribution is 2.43. The number of hydrogen-bond donors (Lipinski definition) is 0. The highest BCUT2D eigenvalue weighted by atomic mass is 127. The van der Waals surface area contributed by atoms with Crippen LogP contribution < -0.4 is 14.2 Å². The van der Waals surface area contributed by atoms with Crippen LogP contribution in [-0.2, 0) is 0 Å². The van der Waals surface area contributed by atoms with E-state index < -0.39 is 0 Å². The van der Waals surface area contributed by atoms with Gasteiger partial charge in [-0.1, -0.05) is 0 Å². The molecule has 1 heterocycles. The fourth-order valence-electron chi connectivity index (χ4n) is 1.21. The van der Waals surface area contributed by atoms with E-state index in [4.69, 9.17) is 14.2 Å². The largest absolute Gasteiger partial charge is 0.490 e. The van der Waals surface area contributed by atoms with E-state index in [-0.39, 0.29) is 6.79 Å². The highest BCUT2D eigenvalue weighted by Gasteiger charge is 2.21. The summed E-state index contributed by atoms with van der Waals surface area (Å²) in [6.45, 7) is 2.87. The molecule has 1 aliphatic rings. The van der Waals surface area contributed by atoms with Gasteiger partial charge in [0.05, 0.1) is 10.2 Å². The third-order valence-corrected chi connectivity index (χ3v) is 2.58. The lowest BCUT2D eigenvalue weighted by molar-refractivity contribution is 0.169. The summed E-state index contributed by atoms with van der Waals surface area (Å²) in [7, 11) is 0. The molecule has 0 aromatic heterocycles. The van der Waals surface area contributed by atoms with Gasteiger partial charge in [0, 0.05) is 0 Å². The Labute approximate surface area is 90.1 Å². The molecule has 0 saturated carbocycles. The first-order valence-corrected chi connectivity index (χ1v) is 5.11. The molecule has 0 fully saturated rings. The van der Waals surface area contributed by atoms with Gasteiger partial charge in [-0.15, -0.1) is 0 Å². The first-order chi connectivity index (χ1) is 6.33. The number of fused-ring (bicyclic) bond motifs is 1. The second-order valence-corrected chi connectivity index (χ2v) is 3.71. The van der Waals surface area contributed by atoms with E-state index in [2.05, 4.69) is 22.6 Å². The zero-order valence-corrected chi connectivity index (χ0v) is 9.33. The molecule has 4 heteroatoms. The molecule has 1 aromatic carbocycles. The van der Waals surface area contributed by atoms with Gasteiger partial charge in [-0.3, -0.25) is 0 Å². The molecular weight excluding hydrogens is 283 g/mol. The summed E-state index contributed by atoms with van der Waals surface area (Å²) in [6.07, 6.45) is 0. The molecule has 0 radical (unpaired) electrons. The number of benzene rings is 1. The maximum atomic E-state index is 5.40. The van der Waals surface area contributed by atoms with Crippen LogP contribution in [-0.4, -0.2) is 13.4 Å². The lowest BCUT2D eigenvalue weighted by Crippen LogP contribution is -1.95. The highest BCUT2D eigenvalue weighted by molar-refractivity contribution is 14.1. The van der Waals surface area contributed by atoms with E-state index in [1.54, 1.807) is 0 Å². The van der Waals surface area contributed by atoms with Gasteiger partial charge in [0.2, 0.25) is 12.5 Å². The Bertz CT molecular complexity index is 325. The lowest BCUT2D eigenvalue weighted by Gasteiger charge is -2.06. The molecule has 0 N–H and O–H groups in total. The molecule has 2 rings (SSSR count). The quantitative estimate of drug-likeness (QED) is 0.784. The summed E-state index contributed by atoms with van der Waals surface area (Å²) in [5.41, 5.74) is 0. The molecule has 1 aliphatic heterocycles. The summed E-state index contributed by atoms with van der Waals surface area (Å²) in [5.74, 6) is 2.29. The van der Waals surface area contributed by atoms with Crippen molar-refractivity contribution in [1.29, 1.82) is 0 Å². The lowest BCUT2D eigenvalue weighted by atomic mass is 10.3.